The highest BCUT2D eigenvalue weighted by Crippen LogP contribution is 2.11. The van der Waals surface area contributed by atoms with Gasteiger partial charge in [-0.15, -0.1) is 0 Å². The Morgan fingerprint density at radius 2 is 2.42 bits per heavy atom. The first-order valence-corrected chi connectivity index (χ1v) is 4.32. The van der Waals surface area contributed by atoms with Gasteiger partial charge in [0, 0.05) is 12.4 Å². The van der Waals surface area contributed by atoms with Crippen LogP contribution in [0.2, 0.25) is 0 Å². The van der Waals surface area contributed by atoms with Crippen LogP contribution in [0.5, 0.6) is 0 Å². The SMILES string of the molecule is CCCc1cnc2cc[nH]c2c1. The van der Waals surface area contributed by atoms with E-state index in [4.69, 9.17) is 0 Å². The van der Waals surface area contributed by atoms with Crippen LogP contribution in [0.15, 0.2) is 24.5 Å². The minimum absolute atomic E-state index is 1.05. The van der Waals surface area contributed by atoms with Crippen LogP contribution in [0.1, 0.15) is 18.9 Å². The number of hydrogen-bond acceptors (Lipinski definition) is 1. The van der Waals surface area contributed by atoms with E-state index >= 15 is 0 Å². The molecule has 62 valence electrons. The molecule has 0 spiro atoms. The number of aromatic nitrogens is 2. The van der Waals surface area contributed by atoms with E-state index < -0.39 is 0 Å². The predicted octanol–water partition coefficient (Wildman–Crippen LogP) is 2.52. The lowest BCUT2D eigenvalue weighted by molar-refractivity contribution is 0.917. The molecular weight excluding hydrogens is 148 g/mol. The van der Waals surface area contributed by atoms with Crippen LogP contribution in [-0.2, 0) is 6.42 Å². The van der Waals surface area contributed by atoms with Gasteiger partial charge in [0.1, 0.15) is 0 Å². The topological polar surface area (TPSA) is 28.7 Å². The minimum Gasteiger partial charge on any atom is -0.360 e. The fourth-order valence-corrected chi connectivity index (χ4v) is 1.40. The molecule has 0 fully saturated rings. The largest absolute Gasteiger partial charge is 0.360 e. The quantitative estimate of drug-likeness (QED) is 0.718. The Bertz CT molecular complexity index is 376. The van der Waals surface area contributed by atoms with Crippen molar-refractivity contribution in [2.75, 3.05) is 0 Å². The van der Waals surface area contributed by atoms with Crippen LogP contribution in [0.3, 0.4) is 0 Å². The van der Waals surface area contributed by atoms with E-state index in [0.717, 1.165) is 17.5 Å². The highest BCUT2D eigenvalue weighted by molar-refractivity contribution is 5.74. The van der Waals surface area contributed by atoms with Gasteiger partial charge in [-0.2, -0.15) is 0 Å². The number of aryl methyl sites for hydroxylation is 1. The van der Waals surface area contributed by atoms with Gasteiger partial charge in [0.2, 0.25) is 0 Å². The number of fused-ring (bicyclic) bond motifs is 1. The summed E-state index contributed by atoms with van der Waals surface area (Å²) in [5, 5.41) is 0. The lowest BCUT2D eigenvalue weighted by atomic mass is 10.1. The third kappa shape index (κ3) is 1.20. The van der Waals surface area contributed by atoms with Crippen LogP contribution in [0.25, 0.3) is 11.0 Å². The molecule has 2 aromatic rings. The Morgan fingerprint density at radius 3 is 3.25 bits per heavy atom. The average Bonchev–Trinajstić information content (AvgIpc) is 2.51. The summed E-state index contributed by atoms with van der Waals surface area (Å²) in [4.78, 5) is 7.48. The van der Waals surface area contributed by atoms with Crippen molar-refractivity contribution < 1.29 is 0 Å². The zero-order valence-corrected chi connectivity index (χ0v) is 7.17. The first kappa shape index (κ1) is 7.35. The summed E-state index contributed by atoms with van der Waals surface area (Å²) in [7, 11) is 0. The predicted molar refractivity (Wildman–Crippen MR) is 50.1 cm³/mol. The number of aromatic amines is 1. The van der Waals surface area contributed by atoms with Crippen LogP contribution < -0.4 is 0 Å². The van der Waals surface area contributed by atoms with Crippen molar-refractivity contribution >= 4 is 11.0 Å². The summed E-state index contributed by atoms with van der Waals surface area (Å²) in [6.45, 7) is 2.18. The van der Waals surface area contributed by atoms with Gasteiger partial charge in [0.25, 0.3) is 0 Å². The van der Waals surface area contributed by atoms with Gasteiger partial charge in [-0.05, 0) is 24.1 Å². The lowest BCUT2D eigenvalue weighted by Gasteiger charge is -1.96. The van der Waals surface area contributed by atoms with Gasteiger partial charge in [0.05, 0.1) is 11.0 Å². The Balaban J connectivity index is 2.46. The van der Waals surface area contributed by atoms with Crippen LogP contribution >= 0.6 is 0 Å². The van der Waals surface area contributed by atoms with Crippen molar-refractivity contribution in [3.63, 3.8) is 0 Å². The summed E-state index contributed by atoms with van der Waals surface area (Å²) >= 11 is 0. The van der Waals surface area contributed by atoms with Gasteiger partial charge >= 0.3 is 0 Å². The van der Waals surface area contributed by atoms with Gasteiger partial charge in [-0.3, -0.25) is 4.98 Å². The van der Waals surface area contributed by atoms with E-state index in [9.17, 15) is 0 Å². The maximum Gasteiger partial charge on any atom is 0.0878 e. The van der Waals surface area contributed by atoms with Crippen LogP contribution in [-0.4, -0.2) is 9.97 Å². The summed E-state index contributed by atoms with van der Waals surface area (Å²) in [6.07, 6.45) is 6.17. The van der Waals surface area contributed by atoms with E-state index in [1.807, 2.05) is 18.5 Å². The molecule has 0 aliphatic carbocycles. The summed E-state index contributed by atoms with van der Waals surface area (Å²) in [6, 6.07) is 4.16. The molecule has 1 N–H and O–H groups in total. The molecule has 0 aromatic carbocycles. The van der Waals surface area contributed by atoms with Crippen LogP contribution in [0.4, 0.5) is 0 Å². The second-order valence-corrected chi connectivity index (χ2v) is 3.00. The molecule has 12 heavy (non-hydrogen) atoms. The van der Waals surface area contributed by atoms with Gasteiger partial charge < -0.3 is 4.98 Å². The van der Waals surface area contributed by atoms with Crippen molar-refractivity contribution in [2.24, 2.45) is 0 Å². The first-order chi connectivity index (χ1) is 5.90. The average molecular weight is 160 g/mol. The maximum absolute atomic E-state index is 4.33. The fraction of sp³-hybridized carbons (Fsp3) is 0.300. The highest BCUT2D eigenvalue weighted by Gasteiger charge is 1.96. The van der Waals surface area contributed by atoms with Crippen molar-refractivity contribution in [2.45, 2.75) is 19.8 Å². The molecule has 0 atom stereocenters. The minimum atomic E-state index is 1.05. The summed E-state index contributed by atoms with van der Waals surface area (Å²) < 4.78 is 0. The molecule has 0 bridgehead atoms. The maximum atomic E-state index is 4.33. The second kappa shape index (κ2) is 2.97. The zero-order valence-electron chi connectivity index (χ0n) is 7.17. The van der Waals surface area contributed by atoms with E-state index in [0.29, 0.717) is 0 Å². The molecule has 0 amide bonds. The highest BCUT2D eigenvalue weighted by atomic mass is 14.7. The number of hydrogen-bond donors (Lipinski definition) is 1. The smallest absolute Gasteiger partial charge is 0.0878 e. The standard InChI is InChI=1S/C10H12N2/c1-2-3-8-6-10-9(12-7-8)4-5-11-10/h4-7,11H,2-3H2,1H3. The van der Waals surface area contributed by atoms with Crippen molar-refractivity contribution in [3.8, 4) is 0 Å². The van der Waals surface area contributed by atoms with E-state index in [1.165, 1.54) is 12.0 Å². The Hall–Kier alpha value is -1.31. The molecule has 2 heteroatoms. The van der Waals surface area contributed by atoms with E-state index in [-0.39, 0.29) is 0 Å². The first-order valence-electron chi connectivity index (χ1n) is 4.32. The Kier molecular flexibility index (Phi) is 1.82. The molecule has 0 radical (unpaired) electrons. The molecule has 0 aliphatic heterocycles. The third-order valence-electron chi connectivity index (χ3n) is 1.99. The number of rotatable bonds is 2. The third-order valence-corrected chi connectivity index (χ3v) is 1.99. The summed E-state index contributed by atoms with van der Waals surface area (Å²) in [5.74, 6) is 0. The fourth-order valence-electron chi connectivity index (χ4n) is 1.40. The van der Waals surface area contributed by atoms with Crippen molar-refractivity contribution in [1.29, 1.82) is 0 Å². The molecule has 2 rings (SSSR count). The molecule has 2 aromatic heterocycles. The lowest BCUT2D eigenvalue weighted by Crippen LogP contribution is -1.84. The summed E-state index contributed by atoms with van der Waals surface area (Å²) in [5.41, 5.74) is 3.50. The number of H-pyrrole nitrogens is 1. The molecular formula is C10H12N2. The zero-order chi connectivity index (χ0) is 8.39. The Labute approximate surface area is 71.6 Å². The van der Waals surface area contributed by atoms with Crippen molar-refractivity contribution in [1.82, 2.24) is 9.97 Å². The molecule has 0 aliphatic rings. The van der Waals surface area contributed by atoms with E-state index in [2.05, 4.69) is 23.0 Å². The molecule has 2 heterocycles. The van der Waals surface area contributed by atoms with E-state index in [1.54, 1.807) is 0 Å². The molecule has 2 nitrogen and oxygen atoms in total. The molecule has 0 saturated carbocycles. The number of pyridine rings is 1. The number of nitrogens with one attached hydrogen (secondary N) is 1. The van der Waals surface area contributed by atoms with Crippen molar-refractivity contribution in [3.05, 3.63) is 30.1 Å². The number of nitrogens with zero attached hydrogens (tertiary/aromatic N) is 1. The van der Waals surface area contributed by atoms with Gasteiger partial charge in [-0.1, -0.05) is 13.3 Å². The second-order valence-electron chi connectivity index (χ2n) is 3.00. The van der Waals surface area contributed by atoms with Gasteiger partial charge in [-0.25, -0.2) is 0 Å². The van der Waals surface area contributed by atoms with Gasteiger partial charge in [0.15, 0.2) is 0 Å². The molecule has 0 saturated heterocycles. The van der Waals surface area contributed by atoms with Crippen LogP contribution in [0, 0.1) is 0 Å². The normalized spacial score (nSPS) is 10.8. The monoisotopic (exact) mass is 160 g/mol. The Morgan fingerprint density at radius 1 is 1.50 bits per heavy atom. The molecule has 0 unspecified atom stereocenters.